The minimum absolute atomic E-state index is 0.155. The highest BCUT2D eigenvalue weighted by atomic mass is 16.5. The Bertz CT molecular complexity index is 232. The third-order valence-corrected chi connectivity index (χ3v) is 2.90. The Morgan fingerprint density at radius 3 is 1.94 bits per heavy atom. The number of esters is 2. The highest BCUT2D eigenvalue weighted by Crippen LogP contribution is 2.26. The summed E-state index contributed by atoms with van der Waals surface area (Å²) in [7, 11) is 2.70. The Hall–Kier alpha value is -1.10. The Kier molecular flexibility index (Phi) is 5.25. The Morgan fingerprint density at radius 1 is 1.12 bits per heavy atom. The fraction of sp³-hybridized carbons (Fsp3) is 0.818. The summed E-state index contributed by atoms with van der Waals surface area (Å²) in [6.45, 7) is 1.08. The lowest BCUT2D eigenvalue weighted by Crippen LogP contribution is -2.40. The van der Waals surface area contributed by atoms with Crippen molar-refractivity contribution >= 4 is 11.9 Å². The molecule has 5 nitrogen and oxygen atoms in total. The van der Waals surface area contributed by atoms with Crippen molar-refractivity contribution in [3.63, 3.8) is 0 Å². The molecule has 0 N–H and O–H groups in total. The van der Waals surface area contributed by atoms with Gasteiger partial charge in [-0.15, -0.1) is 0 Å². The van der Waals surface area contributed by atoms with Crippen LogP contribution in [-0.2, 0) is 19.1 Å². The summed E-state index contributed by atoms with van der Waals surface area (Å²) >= 11 is 0. The summed E-state index contributed by atoms with van der Waals surface area (Å²) < 4.78 is 9.19. The maximum absolute atomic E-state index is 11.2. The van der Waals surface area contributed by atoms with Gasteiger partial charge in [-0.05, 0) is 18.8 Å². The summed E-state index contributed by atoms with van der Waals surface area (Å²) in [5.74, 6) is -0.0271. The zero-order valence-corrected chi connectivity index (χ0v) is 9.90. The molecular weight excluding hydrogens is 210 g/mol. The van der Waals surface area contributed by atoms with Crippen LogP contribution >= 0.6 is 0 Å². The second kappa shape index (κ2) is 6.48. The van der Waals surface area contributed by atoms with Gasteiger partial charge in [-0.25, -0.2) is 0 Å². The lowest BCUT2D eigenvalue weighted by Gasteiger charge is -2.31. The second-order valence-electron chi connectivity index (χ2n) is 4.12. The van der Waals surface area contributed by atoms with Gasteiger partial charge in [0.05, 0.1) is 27.3 Å². The van der Waals surface area contributed by atoms with Gasteiger partial charge >= 0.3 is 11.9 Å². The van der Waals surface area contributed by atoms with Crippen LogP contribution < -0.4 is 0 Å². The molecule has 5 heteroatoms. The second-order valence-corrected chi connectivity index (χ2v) is 4.12. The van der Waals surface area contributed by atoms with Crippen LogP contribution in [0.25, 0.3) is 0 Å². The van der Waals surface area contributed by atoms with E-state index in [0.29, 0.717) is 5.92 Å². The average molecular weight is 229 g/mol. The summed E-state index contributed by atoms with van der Waals surface area (Å²) in [6, 6.07) is 0. The van der Waals surface area contributed by atoms with E-state index in [9.17, 15) is 9.59 Å². The first kappa shape index (κ1) is 13.0. The van der Waals surface area contributed by atoms with E-state index >= 15 is 0 Å². The first-order valence-electron chi connectivity index (χ1n) is 5.51. The number of methoxy groups -OCH3 is 2. The summed E-state index contributed by atoms with van der Waals surface area (Å²) in [6.07, 6.45) is 3.60. The Labute approximate surface area is 95.7 Å². The third kappa shape index (κ3) is 4.18. The first-order valence-corrected chi connectivity index (χ1v) is 5.51. The van der Waals surface area contributed by atoms with Gasteiger partial charge in [0.25, 0.3) is 0 Å². The maximum atomic E-state index is 11.2. The fourth-order valence-electron chi connectivity index (χ4n) is 1.72. The molecule has 0 aromatic heterocycles. The molecule has 0 bridgehead atoms. The number of hydrogen-bond acceptors (Lipinski definition) is 5. The largest absolute Gasteiger partial charge is 0.468 e. The van der Waals surface area contributed by atoms with Crippen molar-refractivity contribution in [3.8, 4) is 0 Å². The van der Waals surface area contributed by atoms with Gasteiger partial charge in [0.1, 0.15) is 0 Å². The normalized spacial score (nSPS) is 15.7. The standard InChI is InChI=1S/C11H19NO4/c1-15-10(13)7-12(8-11(14)16-2)6-9-4-3-5-9/h9H,3-8H2,1-2H3. The van der Waals surface area contributed by atoms with Gasteiger partial charge in [0.15, 0.2) is 0 Å². The van der Waals surface area contributed by atoms with E-state index in [2.05, 4.69) is 9.47 Å². The van der Waals surface area contributed by atoms with Gasteiger partial charge in [0.2, 0.25) is 0 Å². The van der Waals surface area contributed by atoms with E-state index in [1.54, 1.807) is 4.90 Å². The molecular formula is C11H19NO4. The fourth-order valence-corrected chi connectivity index (χ4v) is 1.72. The molecule has 0 atom stereocenters. The molecule has 0 amide bonds. The summed E-state index contributed by atoms with van der Waals surface area (Å²) in [4.78, 5) is 24.1. The zero-order valence-electron chi connectivity index (χ0n) is 9.90. The van der Waals surface area contributed by atoms with E-state index in [1.165, 1.54) is 33.5 Å². The van der Waals surface area contributed by atoms with Crippen LogP contribution in [0.1, 0.15) is 19.3 Å². The van der Waals surface area contributed by atoms with Crippen LogP contribution in [-0.4, -0.2) is 50.7 Å². The van der Waals surface area contributed by atoms with Crippen molar-refractivity contribution in [2.24, 2.45) is 5.92 Å². The smallest absolute Gasteiger partial charge is 0.319 e. The molecule has 1 rings (SSSR count). The molecule has 0 radical (unpaired) electrons. The number of hydrogen-bond donors (Lipinski definition) is 0. The van der Waals surface area contributed by atoms with E-state index in [0.717, 1.165) is 6.54 Å². The topological polar surface area (TPSA) is 55.8 Å². The molecule has 1 fully saturated rings. The summed E-state index contributed by atoms with van der Waals surface area (Å²) in [5, 5.41) is 0. The number of carbonyl (C=O) groups is 2. The highest BCUT2D eigenvalue weighted by Gasteiger charge is 2.23. The van der Waals surface area contributed by atoms with Crippen LogP contribution in [0.2, 0.25) is 0 Å². The predicted octanol–water partition coefficient (Wildman–Crippen LogP) is 0.434. The van der Waals surface area contributed by atoms with E-state index < -0.39 is 0 Å². The lowest BCUT2D eigenvalue weighted by atomic mass is 9.85. The highest BCUT2D eigenvalue weighted by molar-refractivity contribution is 5.74. The van der Waals surface area contributed by atoms with Crippen molar-refractivity contribution in [1.82, 2.24) is 4.90 Å². The molecule has 92 valence electrons. The van der Waals surface area contributed by atoms with Crippen LogP contribution in [0, 0.1) is 5.92 Å². The van der Waals surface area contributed by atoms with Crippen molar-refractivity contribution in [2.75, 3.05) is 33.9 Å². The van der Waals surface area contributed by atoms with Gasteiger partial charge < -0.3 is 9.47 Å². The lowest BCUT2D eigenvalue weighted by molar-refractivity contribution is -0.146. The van der Waals surface area contributed by atoms with Crippen molar-refractivity contribution in [1.29, 1.82) is 0 Å². The number of rotatable bonds is 6. The predicted molar refractivity (Wildman–Crippen MR) is 57.8 cm³/mol. The summed E-state index contributed by atoms with van der Waals surface area (Å²) in [5.41, 5.74) is 0. The molecule has 0 spiro atoms. The molecule has 1 saturated carbocycles. The van der Waals surface area contributed by atoms with Gasteiger partial charge in [-0.1, -0.05) is 6.42 Å². The van der Waals surface area contributed by atoms with Crippen LogP contribution in [0.4, 0.5) is 0 Å². The monoisotopic (exact) mass is 229 g/mol. The van der Waals surface area contributed by atoms with Gasteiger partial charge in [0, 0.05) is 6.54 Å². The molecule has 0 saturated heterocycles. The average Bonchev–Trinajstić information content (AvgIpc) is 2.22. The molecule has 0 heterocycles. The molecule has 1 aliphatic rings. The SMILES string of the molecule is COC(=O)CN(CC(=O)OC)CC1CCC1. The molecule has 16 heavy (non-hydrogen) atoms. The maximum Gasteiger partial charge on any atom is 0.319 e. The zero-order chi connectivity index (χ0) is 12.0. The third-order valence-electron chi connectivity index (χ3n) is 2.90. The van der Waals surface area contributed by atoms with Gasteiger partial charge in [-0.2, -0.15) is 0 Å². The minimum atomic E-state index is -0.316. The minimum Gasteiger partial charge on any atom is -0.468 e. The molecule has 0 aromatic rings. The van der Waals surface area contributed by atoms with E-state index in [-0.39, 0.29) is 25.0 Å². The van der Waals surface area contributed by atoms with Crippen molar-refractivity contribution in [3.05, 3.63) is 0 Å². The molecule has 0 aliphatic heterocycles. The number of carbonyl (C=O) groups excluding carboxylic acids is 2. The molecule has 1 aliphatic carbocycles. The van der Waals surface area contributed by atoms with Crippen molar-refractivity contribution in [2.45, 2.75) is 19.3 Å². The molecule has 0 unspecified atom stereocenters. The molecule has 0 aromatic carbocycles. The Morgan fingerprint density at radius 2 is 1.62 bits per heavy atom. The quantitative estimate of drug-likeness (QED) is 0.618. The van der Waals surface area contributed by atoms with E-state index in [1.807, 2.05) is 0 Å². The van der Waals surface area contributed by atoms with Crippen LogP contribution in [0.5, 0.6) is 0 Å². The first-order chi connectivity index (χ1) is 7.65. The van der Waals surface area contributed by atoms with Crippen LogP contribution in [0.3, 0.4) is 0 Å². The van der Waals surface area contributed by atoms with Crippen LogP contribution in [0.15, 0.2) is 0 Å². The van der Waals surface area contributed by atoms with Crippen molar-refractivity contribution < 1.29 is 19.1 Å². The van der Waals surface area contributed by atoms with Gasteiger partial charge in [-0.3, -0.25) is 14.5 Å². The Balaban J connectivity index is 2.39. The number of ether oxygens (including phenoxy) is 2. The number of nitrogens with zero attached hydrogens (tertiary/aromatic N) is 1. The van der Waals surface area contributed by atoms with E-state index in [4.69, 9.17) is 0 Å².